The third-order valence-corrected chi connectivity index (χ3v) is 4.42. The van der Waals surface area contributed by atoms with Gasteiger partial charge >= 0.3 is 0 Å². The van der Waals surface area contributed by atoms with Crippen molar-refractivity contribution in [2.75, 3.05) is 26.8 Å². The highest BCUT2D eigenvalue weighted by Gasteiger charge is 2.24. The van der Waals surface area contributed by atoms with E-state index in [-0.39, 0.29) is 18.6 Å². The van der Waals surface area contributed by atoms with Crippen LogP contribution in [0.15, 0.2) is 36.4 Å². The van der Waals surface area contributed by atoms with E-state index in [1.807, 2.05) is 45.0 Å². The maximum absolute atomic E-state index is 12.4. The lowest BCUT2D eigenvalue weighted by Crippen LogP contribution is -2.43. The molecule has 0 N–H and O–H groups in total. The minimum Gasteiger partial charge on any atom is -0.486 e. The molecule has 0 fully saturated rings. The first kappa shape index (κ1) is 18.1. The summed E-state index contributed by atoms with van der Waals surface area (Å²) in [5, 5.41) is 0. The molecule has 2 aromatic rings. The number of ether oxygens (including phenoxy) is 3. The van der Waals surface area contributed by atoms with Crippen molar-refractivity contribution in [2.45, 2.75) is 26.9 Å². The van der Waals surface area contributed by atoms with E-state index >= 15 is 0 Å². The van der Waals surface area contributed by atoms with Gasteiger partial charge in [0.25, 0.3) is 5.91 Å². The number of carbonyl (C=O) groups is 1. The Labute approximate surface area is 154 Å². The maximum Gasteiger partial charge on any atom is 0.260 e. The summed E-state index contributed by atoms with van der Waals surface area (Å²) in [5.74, 6) is 2.15. The van der Waals surface area contributed by atoms with Crippen molar-refractivity contribution >= 4 is 5.91 Å². The van der Waals surface area contributed by atoms with Crippen molar-refractivity contribution in [1.29, 1.82) is 0 Å². The van der Waals surface area contributed by atoms with Crippen LogP contribution >= 0.6 is 0 Å². The molecule has 5 nitrogen and oxygen atoms in total. The van der Waals surface area contributed by atoms with Crippen LogP contribution in [0, 0.1) is 20.8 Å². The van der Waals surface area contributed by atoms with Crippen molar-refractivity contribution < 1.29 is 19.0 Å². The number of nitrogens with zero attached hydrogens (tertiary/aromatic N) is 1. The Morgan fingerprint density at radius 3 is 2.50 bits per heavy atom. The number of hydrogen-bond donors (Lipinski definition) is 0. The Morgan fingerprint density at radius 1 is 1.15 bits per heavy atom. The van der Waals surface area contributed by atoms with Crippen LogP contribution in [-0.2, 0) is 4.79 Å². The van der Waals surface area contributed by atoms with E-state index < -0.39 is 0 Å². The molecule has 0 aromatic heterocycles. The van der Waals surface area contributed by atoms with Crippen molar-refractivity contribution in [2.24, 2.45) is 0 Å². The number of aryl methyl sites for hydroxylation is 3. The molecule has 1 atom stereocenters. The smallest absolute Gasteiger partial charge is 0.260 e. The molecule has 0 bridgehead atoms. The molecule has 1 amide bonds. The van der Waals surface area contributed by atoms with Gasteiger partial charge in [-0.3, -0.25) is 4.79 Å². The second kappa shape index (κ2) is 7.68. The first-order chi connectivity index (χ1) is 12.4. The molecule has 5 heteroatoms. The fraction of sp³-hybridized carbons (Fsp3) is 0.381. The second-order valence-corrected chi connectivity index (χ2v) is 6.79. The van der Waals surface area contributed by atoms with Gasteiger partial charge < -0.3 is 19.1 Å². The zero-order valence-corrected chi connectivity index (χ0v) is 15.7. The first-order valence-electron chi connectivity index (χ1n) is 8.77. The van der Waals surface area contributed by atoms with E-state index in [9.17, 15) is 4.79 Å². The number of amides is 1. The van der Waals surface area contributed by atoms with Crippen LogP contribution < -0.4 is 14.2 Å². The van der Waals surface area contributed by atoms with Crippen molar-refractivity contribution in [3.05, 3.63) is 53.1 Å². The van der Waals surface area contributed by atoms with E-state index in [4.69, 9.17) is 14.2 Å². The minimum absolute atomic E-state index is 0.00536. The number of para-hydroxylation sites is 2. The predicted molar refractivity (Wildman–Crippen MR) is 100 cm³/mol. The van der Waals surface area contributed by atoms with Gasteiger partial charge in [0.1, 0.15) is 12.4 Å². The van der Waals surface area contributed by atoms with Crippen LogP contribution in [0.4, 0.5) is 0 Å². The lowest BCUT2D eigenvalue weighted by Gasteiger charge is -2.29. The van der Waals surface area contributed by atoms with Gasteiger partial charge in [0.05, 0.1) is 6.54 Å². The SMILES string of the molecule is Cc1cc(C)c(OCC(=O)N(C)CC2COc3ccccc3O2)c(C)c1. The average molecular weight is 355 g/mol. The van der Waals surface area contributed by atoms with Crippen LogP contribution in [0.1, 0.15) is 16.7 Å². The normalized spacial score (nSPS) is 15.5. The van der Waals surface area contributed by atoms with Gasteiger partial charge in [0, 0.05) is 7.05 Å². The minimum atomic E-state index is -0.193. The molecule has 0 saturated heterocycles. The predicted octanol–water partition coefficient (Wildman–Crippen LogP) is 3.29. The standard InChI is InChI=1S/C21H25NO4/c1-14-9-15(2)21(16(3)10-14)25-13-20(23)22(4)11-17-12-24-18-7-5-6-8-19(18)26-17/h5-10,17H,11-13H2,1-4H3. The van der Waals surface area contributed by atoms with Crippen LogP contribution in [0.2, 0.25) is 0 Å². The van der Waals surface area contributed by atoms with E-state index in [2.05, 4.69) is 12.1 Å². The molecule has 1 heterocycles. The quantitative estimate of drug-likeness (QED) is 0.826. The Morgan fingerprint density at radius 2 is 1.81 bits per heavy atom. The van der Waals surface area contributed by atoms with Gasteiger partial charge in [0.15, 0.2) is 24.2 Å². The third kappa shape index (κ3) is 4.10. The number of hydrogen-bond acceptors (Lipinski definition) is 4. The average Bonchev–Trinajstić information content (AvgIpc) is 2.60. The number of fused-ring (bicyclic) bond motifs is 1. The first-order valence-corrected chi connectivity index (χ1v) is 8.77. The van der Waals surface area contributed by atoms with Gasteiger partial charge in [-0.1, -0.05) is 29.8 Å². The van der Waals surface area contributed by atoms with Gasteiger partial charge in [0.2, 0.25) is 0 Å². The zero-order valence-electron chi connectivity index (χ0n) is 15.7. The molecule has 138 valence electrons. The monoisotopic (exact) mass is 355 g/mol. The van der Waals surface area contributed by atoms with Gasteiger partial charge in [-0.05, 0) is 44.0 Å². The molecule has 2 aromatic carbocycles. The van der Waals surface area contributed by atoms with Gasteiger partial charge in [-0.15, -0.1) is 0 Å². The summed E-state index contributed by atoms with van der Waals surface area (Å²) in [6, 6.07) is 11.7. The fourth-order valence-corrected chi connectivity index (χ4v) is 3.20. The highest BCUT2D eigenvalue weighted by atomic mass is 16.6. The van der Waals surface area contributed by atoms with E-state index in [0.717, 1.165) is 22.6 Å². The summed E-state index contributed by atoms with van der Waals surface area (Å²) in [7, 11) is 1.75. The van der Waals surface area contributed by atoms with E-state index in [1.54, 1.807) is 11.9 Å². The molecule has 0 radical (unpaired) electrons. The maximum atomic E-state index is 12.4. The van der Waals surface area contributed by atoms with Crippen molar-refractivity contribution in [3.63, 3.8) is 0 Å². The summed E-state index contributed by atoms with van der Waals surface area (Å²) < 4.78 is 17.4. The number of carbonyl (C=O) groups excluding carboxylic acids is 1. The summed E-state index contributed by atoms with van der Waals surface area (Å²) >= 11 is 0. The number of rotatable bonds is 5. The van der Waals surface area contributed by atoms with Crippen LogP contribution in [0.25, 0.3) is 0 Å². The summed E-state index contributed by atoms with van der Waals surface area (Å²) in [6.45, 7) is 6.91. The molecular weight excluding hydrogens is 330 g/mol. The molecule has 0 saturated carbocycles. The molecular formula is C21H25NO4. The molecule has 26 heavy (non-hydrogen) atoms. The zero-order chi connectivity index (χ0) is 18.7. The summed E-state index contributed by atoms with van der Waals surface area (Å²) in [6.07, 6.45) is -0.193. The Kier molecular flexibility index (Phi) is 5.35. The Bertz CT molecular complexity index is 779. The molecule has 3 rings (SSSR count). The van der Waals surface area contributed by atoms with E-state index in [1.165, 1.54) is 5.56 Å². The molecule has 1 aliphatic heterocycles. The highest BCUT2D eigenvalue weighted by molar-refractivity contribution is 5.77. The highest BCUT2D eigenvalue weighted by Crippen LogP contribution is 2.31. The molecule has 1 aliphatic rings. The lowest BCUT2D eigenvalue weighted by molar-refractivity contribution is -0.133. The van der Waals surface area contributed by atoms with Gasteiger partial charge in [-0.2, -0.15) is 0 Å². The number of likely N-dealkylation sites (N-methyl/N-ethyl adjacent to an activating group) is 1. The Hall–Kier alpha value is -2.69. The van der Waals surface area contributed by atoms with Gasteiger partial charge in [-0.25, -0.2) is 0 Å². The summed E-state index contributed by atoms with van der Waals surface area (Å²) in [4.78, 5) is 14.1. The largest absolute Gasteiger partial charge is 0.486 e. The third-order valence-electron chi connectivity index (χ3n) is 4.42. The van der Waals surface area contributed by atoms with Crippen LogP contribution in [-0.4, -0.2) is 43.7 Å². The number of benzene rings is 2. The fourth-order valence-electron chi connectivity index (χ4n) is 3.20. The summed E-state index contributed by atoms with van der Waals surface area (Å²) in [5.41, 5.74) is 3.27. The Balaban J connectivity index is 1.54. The second-order valence-electron chi connectivity index (χ2n) is 6.79. The van der Waals surface area contributed by atoms with E-state index in [0.29, 0.717) is 18.9 Å². The van der Waals surface area contributed by atoms with Crippen LogP contribution in [0.5, 0.6) is 17.2 Å². The van der Waals surface area contributed by atoms with Crippen molar-refractivity contribution in [1.82, 2.24) is 4.90 Å². The molecule has 0 spiro atoms. The molecule has 0 aliphatic carbocycles. The van der Waals surface area contributed by atoms with Crippen molar-refractivity contribution in [3.8, 4) is 17.2 Å². The van der Waals surface area contributed by atoms with Crippen LogP contribution in [0.3, 0.4) is 0 Å². The lowest BCUT2D eigenvalue weighted by atomic mass is 10.1. The molecule has 1 unspecified atom stereocenters. The topological polar surface area (TPSA) is 48.0 Å².